The lowest BCUT2D eigenvalue weighted by Gasteiger charge is -2.52. The van der Waals surface area contributed by atoms with E-state index in [1.165, 1.54) is 5.06 Å². The minimum Gasteiger partial charge on any atom is -0.375 e. The van der Waals surface area contributed by atoms with Gasteiger partial charge in [0, 0.05) is 5.54 Å². The second-order valence-corrected chi connectivity index (χ2v) is 5.58. The molecule has 4 heteroatoms. The lowest BCUT2D eigenvalue weighted by atomic mass is 9.80. The Morgan fingerprint density at radius 3 is 2.62 bits per heavy atom. The Kier molecular flexibility index (Phi) is 3.95. The molecule has 0 spiro atoms. The highest BCUT2D eigenvalue weighted by Gasteiger charge is 2.47. The summed E-state index contributed by atoms with van der Waals surface area (Å²) in [6.07, 6.45) is 2.20. The van der Waals surface area contributed by atoms with E-state index >= 15 is 0 Å². The summed E-state index contributed by atoms with van der Waals surface area (Å²) in [5.74, 6) is 0. The lowest BCUT2D eigenvalue weighted by molar-refractivity contribution is -0.275. The van der Waals surface area contributed by atoms with Crippen molar-refractivity contribution in [2.45, 2.75) is 64.1 Å². The van der Waals surface area contributed by atoms with Crippen LogP contribution in [-0.2, 0) is 4.74 Å². The molecule has 0 aromatic carbocycles. The molecule has 0 saturated carbocycles. The number of rotatable bonds is 3. The molecule has 1 atom stereocenters. The first kappa shape index (κ1) is 13.4. The van der Waals surface area contributed by atoms with Crippen LogP contribution in [0.2, 0.25) is 0 Å². The van der Waals surface area contributed by atoms with E-state index in [0.717, 1.165) is 12.8 Å². The van der Waals surface area contributed by atoms with Gasteiger partial charge in [0.05, 0.1) is 30.7 Å². The van der Waals surface area contributed by atoms with Crippen LogP contribution in [0.3, 0.4) is 0 Å². The molecule has 1 unspecified atom stereocenters. The molecule has 0 radical (unpaired) electrons. The largest absolute Gasteiger partial charge is 0.375 e. The Balaban J connectivity index is 2.65. The zero-order chi connectivity index (χ0) is 12.4. The number of nitrogens with zero attached hydrogens (tertiary/aromatic N) is 2. The van der Waals surface area contributed by atoms with Crippen LogP contribution in [0.4, 0.5) is 0 Å². The second-order valence-electron chi connectivity index (χ2n) is 5.58. The number of nitriles is 1. The molecule has 92 valence electrons. The molecular formula is C12H22N2O2. The summed E-state index contributed by atoms with van der Waals surface area (Å²) in [5, 5.41) is 20.1. The normalized spacial score (nSPS) is 28.6. The molecule has 1 heterocycles. The van der Waals surface area contributed by atoms with Crippen LogP contribution in [0.15, 0.2) is 0 Å². The van der Waals surface area contributed by atoms with Crippen LogP contribution in [-0.4, -0.2) is 34.1 Å². The van der Waals surface area contributed by atoms with Crippen molar-refractivity contribution in [3.63, 3.8) is 0 Å². The van der Waals surface area contributed by atoms with E-state index in [0.29, 0.717) is 13.0 Å². The maximum absolute atomic E-state index is 10.2. The Labute approximate surface area is 97.8 Å². The monoisotopic (exact) mass is 226 g/mol. The topological polar surface area (TPSA) is 56.5 Å². The number of hydrogen-bond acceptors (Lipinski definition) is 4. The molecule has 1 saturated heterocycles. The zero-order valence-electron chi connectivity index (χ0n) is 10.7. The SMILES string of the molecule is CC1(C)CCC(OCCC#N)C(C)(C)N1O. The van der Waals surface area contributed by atoms with E-state index in [4.69, 9.17) is 10.00 Å². The quantitative estimate of drug-likeness (QED) is 0.750. The highest BCUT2D eigenvalue weighted by Crippen LogP contribution is 2.38. The number of piperidine rings is 1. The van der Waals surface area contributed by atoms with Gasteiger partial charge in [0.1, 0.15) is 0 Å². The smallest absolute Gasteiger partial charge is 0.0777 e. The summed E-state index contributed by atoms with van der Waals surface area (Å²) in [7, 11) is 0. The van der Waals surface area contributed by atoms with Crippen molar-refractivity contribution >= 4 is 0 Å². The molecule has 0 amide bonds. The molecule has 1 N–H and O–H groups in total. The van der Waals surface area contributed by atoms with Crippen LogP contribution < -0.4 is 0 Å². The average Bonchev–Trinajstić information content (AvgIpc) is 2.19. The van der Waals surface area contributed by atoms with E-state index < -0.39 is 5.54 Å². The van der Waals surface area contributed by atoms with Crippen LogP contribution in [0, 0.1) is 11.3 Å². The van der Waals surface area contributed by atoms with Crippen LogP contribution in [0.5, 0.6) is 0 Å². The van der Waals surface area contributed by atoms with E-state index in [1.54, 1.807) is 0 Å². The predicted octanol–water partition coefficient (Wildman–Crippen LogP) is 2.33. The van der Waals surface area contributed by atoms with Gasteiger partial charge in [-0.05, 0) is 40.5 Å². The van der Waals surface area contributed by atoms with Gasteiger partial charge in [-0.25, -0.2) is 0 Å². The molecule has 1 aliphatic rings. The van der Waals surface area contributed by atoms with Crippen molar-refractivity contribution in [3.8, 4) is 6.07 Å². The molecule has 0 aromatic heterocycles. The summed E-state index contributed by atoms with van der Waals surface area (Å²) in [4.78, 5) is 0. The third-order valence-electron chi connectivity index (χ3n) is 3.46. The fraction of sp³-hybridized carbons (Fsp3) is 0.917. The lowest BCUT2D eigenvalue weighted by Crippen LogP contribution is -2.63. The van der Waals surface area contributed by atoms with E-state index in [9.17, 15) is 5.21 Å². The van der Waals surface area contributed by atoms with E-state index in [2.05, 4.69) is 6.07 Å². The number of hydroxylamine groups is 2. The molecule has 4 nitrogen and oxygen atoms in total. The second kappa shape index (κ2) is 4.70. The minimum absolute atomic E-state index is 0.0149. The number of hydrogen-bond donors (Lipinski definition) is 1. The molecule has 0 aromatic rings. The first-order chi connectivity index (χ1) is 7.32. The highest BCUT2D eigenvalue weighted by atomic mass is 16.5. The summed E-state index contributed by atoms with van der Waals surface area (Å²) >= 11 is 0. The van der Waals surface area contributed by atoms with E-state index in [-0.39, 0.29) is 11.6 Å². The van der Waals surface area contributed by atoms with Gasteiger partial charge in [0.2, 0.25) is 0 Å². The Hall–Kier alpha value is -0.630. The van der Waals surface area contributed by atoms with Crippen LogP contribution in [0.1, 0.15) is 47.0 Å². The summed E-state index contributed by atoms with van der Waals surface area (Å²) in [6, 6.07) is 2.06. The predicted molar refractivity (Wildman–Crippen MR) is 61.0 cm³/mol. The third-order valence-corrected chi connectivity index (χ3v) is 3.46. The molecule has 16 heavy (non-hydrogen) atoms. The minimum atomic E-state index is -0.406. The average molecular weight is 226 g/mol. The standard InChI is InChI=1S/C12H22N2O2/c1-11(2)7-6-10(16-9-5-8-13)12(3,4)14(11)15/h10,15H,5-7,9H2,1-4H3. The van der Waals surface area contributed by atoms with Gasteiger partial charge in [0.15, 0.2) is 0 Å². The maximum atomic E-state index is 10.2. The maximum Gasteiger partial charge on any atom is 0.0777 e. The van der Waals surface area contributed by atoms with Gasteiger partial charge >= 0.3 is 0 Å². The molecule has 0 aliphatic carbocycles. The fourth-order valence-corrected chi connectivity index (χ4v) is 2.39. The summed E-state index contributed by atoms with van der Waals surface area (Å²) in [6.45, 7) is 8.45. The summed E-state index contributed by atoms with van der Waals surface area (Å²) < 4.78 is 5.68. The first-order valence-electron chi connectivity index (χ1n) is 5.80. The Morgan fingerprint density at radius 1 is 1.44 bits per heavy atom. The van der Waals surface area contributed by atoms with Crippen molar-refractivity contribution in [2.75, 3.05) is 6.61 Å². The highest BCUT2D eigenvalue weighted by molar-refractivity contribution is 4.98. The Bertz CT molecular complexity index is 281. The number of ether oxygens (including phenoxy) is 1. The van der Waals surface area contributed by atoms with Crippen molar-refractivity contribution in [3.05, 3.63) is 0 Å². The molecule has 1 fully saturated rings. The third kappa shape index (κ3) is 2.54. The summed E-state index contributed by atoms with van der Waals surface area (Å²) in [5.41, 5.74) is -0.615. The van der Waals surface area contributed by atoms with E-state index in [1.807, 2.05) is 27.7 Å². The van der Waals surface area contributed by atoms with Crippen molar-refractivity contribution < 1.29 is 9.94 Å². The first-order valence-corrected chi connectivity index (χ1v) is 5.80. The molecule has 1 aliphatic heterocycles. The van der Waals surface area contributed by atoms with Crippen molar-refractivity contribution in [1.82, 2.24) is 5.06 Å². The fourth-order valence-electron chi connectivity index (χ4n) is 2.39. The van der Waals surface area contributed by atoms with Crippen molar-refractivity contribution in [2.24, 2.45) is 0 Å². The Morgan fingerprint density at radius 2 is 2.06 bits per heavy atom. The van der Waals surface area contributed by atoms with Gasteiger partial charge in [-0.15, -0.1) is 0 Å². The molecule has 1 rings (SSSR count). The molecule has 0 bridgehead atoms. The van der Waals surface area contributed by atoms with Gasteiger partial charge in [0.25, 0.3) is 0 Å². The van der Waals surface area contributed by atoms with Crippen LogP contribution >= 0.6 is 0 Å². The molecular weight excluding hydrogens is 204 g/mol. The zero-order valence-corrected chi connectivity index (χ0v) is 10.7. The van der Waals surface area contributed by atoms with Crippen molar-refractivity contribution in [1.29, 1.82) is 5.26 Å². The van der Waals surface area contributed by atoms with Gasteiger partial charge in [-0.3, -0.25) is 0 Å². The van der Waals surface area contributed by atoms with Gasteiger partial charge in [-0.2, -0.15) is 10.3 Å². The van der Waals surface area contributed by atoms with Crippen LogP contribution in [0.25, 0.3) is 0 Å². The van der Waals surface area contributed by atoms with Gasteiger partial charge < -0.3 is 9.94 Å². The van der Waals surface area contributed by atoms with Gasteiger partial charge in [-0.1, -0.05) is 0 Å².